The fourth-order valence-electron chi connectivity index (χ4n) is 3.47. The molecule has 2 atom stereocenters. The average molecular weight is 236 g/mol. The molecular formula is C15H24O2. The van der Waals surface area contributed by atoms with E-state index in [1.165, 1.54) is 5.57 Å². The van der Waals surface area contributed by atoms with Gasteiger partial charge in [0.05, 0.1) is 5.60 Å². The molecule has 2 aliphatic carbocycles. The molecule has 0 bridgehead atoms. The van der Waals surface area contributed by atoms with Gasteiger partial charge in [0.25, 0.3) is 0 Å². The molecule has 0 aromatic carbocycles. The molecule has 0 spiro atoms. The molecule has 0 aromatic heterocycles. The maximum absolute atomic E-state index is 11.8. The lowest BCUT2D eigenvalue weighted by Crippen LogP contribution is -2.40. The van der Waals surface area contributed by atoms with Gasteiger partial charge in [0, 0.05) is 6.42 Å². The Kier molecular flexibility index (Phi) is 2.97. The molecule has 0 heterocycles. The zero-order valence-corrected chi connectivity index (χ0v) is 11.5. The summed E-state index contributed by atoms with van der Waals surface area (Å²) in [4.78, 5) is 11.8. The molecule has 0 radical (unpaired) electrons. The topological polar surface area (TPSA) is 37.3 Å². The number of Topliss-reactive ketones (excluding diaryl/α,β-unsaturated/α-hetero) is 1. The molecule has 0 amide bonds. The Balaban J connectivity index is 2.33. The average Bonchev–Trinajstić information content (AvgIpc) is 2.22. The van der Waals surface area contributed by atoms with E-state index >= 15 is 0 Å². The largest absolute Gasteiger partial charge is 0.390 e. The summed E-state index contributed by atoms with van der Waals surface area (Å²) < 4.78 is 0. The standard InChI is InChI=1S/C15H24O2/c1-10-12-9-11(14(2,3)17)5-7-15(12,4)8-6-13(10)16/h11,17H,5-9H2,1-4H3/t11-,15-/m0/s1. The van der Waals surface area contributed by atoms with Gasteiger partial charge in [0.2, 0.25) is 0 Å². The van der Waals surface area contributed by atoms with Gasteiger partial charge in [-0.3, -0.25) is 4.79 Å². The molecule has 1 N–H and O–H groups in total. The SMILES string of the molecule is CC1=C2C[C@@H](C(C)(C)O)CC[C@@]2(C)CCC1=O. The van der Waals surface area contributed by atoms with Gasteiger partial charge in [-0.1, -0.05) is 12.5 Å². The smallest absolute Gasteiger partial charge is 0.158 e. The summed E-state index contributed by atoms with van der Waals surface area (Å²) in [5.41, 5.74) is 1.90. The number of ketones is 1. The molecule has 17 heavy (non-hydrogen) atoms. The summed E-state index contributed by atoms with van der Waals surface area (Å²) in [6, 6.07) is 0. The van der Waals surface area contributed by atoms with Crippen LogP contribution in [0.15, 0.2) is 11.1 Å². The third-order valence-corrected chi connectivity index (χ3v) is 5.00. The molecular weight excluding hydrogens is 212 g/mol. The highest BCUT2D eigenvalue weighted by molar-refractivity contribution is 5.96. The highest BCUT2D eigenvalue weighted by Gasteiger charge is 2.43. The minimum Gasteiger partial charge on any atom is -0.390 e. The van der Waals surface area contributed by atoms with Gasteiger partial charge in [-0.25, -0.2) is 0 Å². The molecule has 2 aliphatic rings. The van der Waals surface area contributed by atoms with E-state index in [1.807, 2.05) is 20.8 Å². The maximum Gasteiger partial charge on any atom is 0.158 e. The van der Waals surface area contributed by atoms with E-state index in [0.717, 1.165) is 31.3 Å². The monoisotopic (exact) mass is 236 g/mol. The van der Waals surface area contributed by atoms with Crippen LogP contribution in [0.4, 0.5) is 0 Å². The van der Waals surface area contributed by atoms with E-state index in [1.54, 1.807) is 0 Å². The van der Waals surface area contributed by atoms with Crippen molar-refractivity contribution in [2.75, 3.05) is 0 Å². The van der Waals surface area contributed by atoms with Crippen LogP contribution >= 0.6 is 0 Å². The van der Waals surface area contributed by atoms with Crippen LogP contribution in [0.1, 0.15) is 59.8 Å². The van der Waals surface area contributed by atoms with E-state index < -0.39 is 5.60 Å². The first-order chi connectivity index (χ1) is 7.74. The quantitative estimate of drug-likeness (QED) is 0.759. The van der Waals surface area contributed by atoms with E-state index in [2.05, 4.69) is 6.92 Å². The van der Waals surface area contributed by atoms with E-state index in [4.69, 9.17) is 0 Å². The second-order valence-corrected chi connectivity index (χ2v) is 6.68. The maximum atomic E-state index is 11.8. The summed E-state index contributed by atoms with van der Waals surface area (Å²) in [5, 5.41) is 10.2. The number of allylic oxidation sites excluding steroid dienone is 2. The number of fused-ring (bicyclic) bond motifs is 1. The zero-order valence-electron chi connectivity index (χ0n) is 11.5. The first kappa shape index (κ1) is 12.8. The Morgan fingerprint density at radius 3 is 2.59 bits per heavy atom. The van der Waals surface area contributed by atoms with Gasteiger partial charge >= 0.3 is 0 Å². The minimum atomic E-state index is -0.630. The van der Waals surface area contributed by atoms with E-state index in [-0.39, 0.29) is 5.41 Å². The summed E-state index contributed by atoms with van der Waals surface area (Å²) in [5.74, 6) is 0.611. The van der Waals surface area contributed by atoms with Gasteiger partial charge in [0.15, 0.2) is 5.78 Å². The van der Waals surface area contributed by atoms with Crippen LogP contribution in [0, 0.1) is 11.3 Å². The second-order valence-electron chi connectivity index (χ2n) is 6.68. The van der Waals surface area contributed by atoms with Crippen molar-refractivity contribution in [3.05, 3.63) is 11.1 Å². The van der Waals surface area contributed by atoms with Crippen LogP contribution in [0.2, 0.25) is 0 Å². The molecule has 2 heteroatoms. The minimum absolute atomic E-state index is 0.222. The van der Waals surface area contributed by atoms with Crippen LogP contribution in [0.5, 0.6) is 0 Å². The van der Waals surface area contributed by atoms with Crippen molar-refractivity contribution in [1.82, 2.24) is 0 Å². The van der Waals surface area contributed by atoms with E-state index in [0.29, 0.717) is 18.1 Å². The normalized spacial score (nSPS) is 34.9. The Morgan fingerprint density at radius 2 is 2.00 bits per heavy atom. The molecule has 1 saturated carbocycles. The predicted molar refractivity (Wildman–Crippen MR) is 68.7 cm³/mol. The van der Waals surface area contributed by atoms with Gasteiger partial charge in [0.1, 0.15) is 0 Å². The van der Waals surface area contributed by atoms with Crippen molar-refractivity contribution in [2.45, 2.75) is 65.4 Å². The predicted octanol–water partition coefficient (Wildman–Crippen LogP) is 3.24. The number of carbonyl (C=O) groups excluding carboxylic acids is 1. The van der Waals surface area contributed by atoms with Gasteiger partial charge in [-0.05, 0) is 63.4 Å². The van der Waals surface area contributed by atoms with Crippen molar-refractivity contribution >= 4 is 5.78 Å². The third kappa shape index (κ3) is 2.20. The first-order valence-corrected chi connectivity index (χ1v) is 6.70. The van der Waals surface area contributed by atoms with Crippen molar-refractivity contribution < 1.29 is 9.90 Å². The molecule has 96 valence electrons. The number of hydrogen-bond acceptors (Lipinski definition) is 2. The lowest BCUT2D eigenvalue weighted by molar-refractivity contribution is -0.117. The summed E-state index contributed by atoms with van der Waals surface area (Å²) >= 11 is 0. The number of carbonyl (C=O) groups is 1. The Labute approximate surface area is 104 Å². The molecule has 0 aromatic rings. The summed E-state index contributed by atoms with van der Waals surface area (Å²) in [6.07, 6.45) is 4.79. The van der Waals surface area contributed by atoms with Crippen molar-refractivity contribution in [3.8, 4) is 0 Å². The number of hydrogen-bond donors (Lipinski definition) is 1. The molecule has 1 fully saturated rings. The van der Waals surface area contributed by atoms with Gasteiger partial charge in [-0.15, -0.1) is 0 Å². The lowest BCUT2D eigenvalue weighted by Gasteiger charge is -2.46. The number of aliphatic hydroxyl groups is 1. The molecule has 0 aliphatic heterocycles. The lowest BCUT2D eigenvalue weighted by atomic mass is 9.59. The molecule has 0 unspecified atom stereocenters. The van der Waals surface area contributed by atoms with Crippen molar-refractivity contribution in [2.24, 2.45) is 11.3 Å². The summed E-state index contributed by atoms with van der Waals surface area (Å²) in [7, 11) is 0. The van der Waals surface area contributed by atoms with Crippen molar-refractivity contribution in [3.63, 3.8) is 0 Å². The third-order valence-electron chi connectivity index (χ3n) is 5.00. The first-order valence-electron chi connectivity index (χ1n) is 6.70. The Bertz CT molecular complexity index is 373. The van der Waals surface area contributed by atoms with Crippen LogP contribution in [0.3, 0.4) is 0 Å². The molecule has 2 rings (SSSR count). The van der Waals surface area contributed by atoms with E-state index in [9.17, 15) is 9.90 Å². The fourth-order valence-corrected chi connectivity index (χ4v) is 3.47. The number of rotatable bonds is 1. The van der Waals surface area contributed by atoms with Crippen LogP contribution in [-0.4, -0.2) is 16.5 Å². The summed E-state index contributed by atoms with van der Waals surface area (Å²) in [6.45, 7) is 8.04. The highest BCUT2D eigenvalue weighted by Crippen LogP contribution is 2.51. The van der Waals surface area contributed by atoms with Crippen LogP contribution in [0.25, 0.3) is 0 Å². The zero-order chi connectivity index (χ0) is 12.8. The van der Waals surface area contributed by atoms with Crippen molar-refractivity contribution in [1.29, 1.82) is 0 Å². The van der Waals surface area contributed by atoms with Crippen LogP contribution in [-0.2, 0) is 4.79 Å². The highest BCUT2D eigenvalue weighted by atomic mass is 16.3. The molecule has 2 nitrogen and oxygen atoms in total. The molecule has 0 saturated heterocycles. The fraction of sp³-hybridized carbons (Fsp3) is 0.800. The van der Waals surface area contributed by atoms with Crippen LogP contribution < -0.4 is 0 Å². The Morgan fingerprint density at radius 1 is 1.35 bits per heavy atom. The Hall–Kier alpha value is -0.630. The second kappa shape index (κ2) is 3.94. The van der Waals surface area contributed by atoms with Gasteiger partial charge in [-0.2, -0.15) is 0 Å². The van der Waals surface area contributed by atoms with Gasteiger partial charge < -0.3 is 5.11 Å².